The lowest BCUT2D eigenvalue weighted by Crippen LogP contribution is -2.07. The van der Waals surface area contributed by atoms with Gasteiger partial charge in [0.2, 0.25) is 5.96 Å². The van der Waals surface area contributed by atoms with Crippen LogP contribution in [0.5, 0.6) is 0 Å². The van der Waals surface area contributed by atoms with Crippen LogP contribution in [-0.4, -0.2) is 18.1 Å². The summed E-state index contributed by atoms with van der Waals surface area (Å²) in [6.45, 7) is 1.98. The predicted octanol–water partition coefficient (Wildman–Crippen LogP) is 1.37. The molecule has 0 radical (unpaired) electrons. The van der Waals surface area contributed by atoms with Crippen molar-refractivity contribution in [2.24, 2.45) is 9.98 Å². The van der Waals surface area contributed by atoms with Gasteiger partial charge in [0.15, 0.2) is 0 Å². The molecule has 1 N–H and O–H groups in total. The molecule has 1 aromatic rings. The molecule has 1 aromatic carbocycles. The van der Waals surface area contributed by atoms with E-state index in [0.717, 1.165) is 11.3 Å². The first-order valence-corrected chi connectivity index (χ1v) is 4.25. The van der Waals surface area contributed by atoms with Crippen LogP contribution in [0.25, 0.3) is 0 Å². The van der Waals surface area contributed by atoms with Gasteiger partial charge in [0.05, 0.1) is 6.21 Å². The van der Waals surface area contributed by atoms with Gasteiger partial charge in [0, 0.05) is 5.69 Å². The lowest BCUT2D eigenvalue weighted by atomic mass is 10.2. The van der Waals surface area contributed by atoms with Crippen molar-refractivity contribution in [2.75, 3.05) is 5.32 Å². The smallest absolute Gasteiger partial charge is 0.291 e. The van der Waals surface area contributed by atoms with Crippen molar-refractivity contribution < 1.29 is 4.79 Å². The molecule has 0 aromatic heterocycles. The Morgan fingerprint density at radius 2 is 2.07 bits per heavy atom. The Labute approximate surface area is 81.4 Å². The van der Waals surface area contributed by atoms with E-state index in [1.807, 2.05) is 31.2 Å². The summed E-state index contributed by atoms with van der Waals surface area (Å²) >= 11 is 0. The molecule has 4 heteroatoms. The highest BCUT2D eigenvalue weighted by molar-refractivity contribution is 6.35. The molecule has 0 aliphatic carbocycles. The van der Waals surface area contributed by atoms with Crippen molar-refractivity contribution in [3.05, 3.63) is 29.8 Å². The zero-order valence-electron chi connectivity index (χ0n) is 7.69. The van der Waals surface area contributed by atoms with Crippen LogP contribution < -0.4 is 5.32 Å². The second-order valence-electron chi connectivity index (χ2n) is 2.97. The van der Waals surface area contributed by atoms with E-state index < -0.39 is 0 Å². The molecule has 2 rings (SSSR count). The van der Waals surface area contributed by atoms with Crippen molar-refractivity contribution in [3.63, 3.8) is 0 Å². The highest BCUT2D eigenvalue weighted by Crippen LogP contribution is 2.13. The molecule has 0 bridgehead atoms. The molecule has 14 heavy (non-hydrogen) atoms. The van der Waals surface area contributed by atoms with Crippen LogP contribution in [0, 0.1) is 6.92 Å². The molecular formula is C10H9N3O. The Balaban J connectivity index is 2.20. The maximum atomic E-state index is 10.8. The van der Waals surface area contributed by atoms with E-state index in [1.165, 1.54) is 6.21 Å². The molecule has 1 aliphatic rings. The number of aryl methyl sites for hydroxylation is 1. The van der Waals surface area contributed by atoms with E-state index >= 15 is 0 Å². The van der Waals surface area contributed by atoms with Crippen LogP contribution in [0.1, 0.15) is 5.56 Å². The Morgan fingerprint density at radius 3 is 2.71 bits per heavy atom. The fraction of sp³-hybridized carbons (Fsp3) is 0.100. The lowest BCUT2D eigenvalue weighted by molar-refractivity contribution is -0.111. The first-order chi connectivity index (χ1) is 6.75. The Hall–Kier alpha value is -1.97. The zero-order chi connectivity index (χ0) is 9.97. The SMILES string of the molecule is Cc1ccccc1NC1=NC(=O)C=N1. The van der Waals surface area contributed by atoms with Gasteiger partial charge in [-0.2, -0.15) is 4.99 Å². The molecular weight excluding hydrogens is 178 g/mol. The van der Waals surface area contributed by atoms with Crippen LogP contribution in [0.3, 0.4) is 0 Å². The minimum absolute atomic E-state index is 0.318. The molecule has 1 amide bonds. The Morgan fingerprint density at radius 1 is 1.29 bits per heavy atom. The van der Waals surface area contributed by atoms with Crippen LogP contribution >= 0.6 is 0 Å². The minimum Gasteiger partial charge on any atom is -0.324 e. The van der Waals surface area contributed by atoms with Gasteiger partial charge in [-0.25, -0.2) is 4.99 Å². The van der Waals surface area contributed by atoms with Crippen molar-refractivity contribution in [1.82, 2.24) is 0 Å². The van der Waals surface area contributed by atoms with E-state index in [0.29, 0.717) is 5.96 Å². The molecule has 70 valence electrons. The van der Waals surface area contributed by atoms with Gasteiger partial charge < -0.3 is 5.32 Å². The Bertz CT molecular complexity index is 435. The summed E-state index contributed by atoms with van der Waals surface area (Å²) in [5.74, 6) is 0.0328. The van der Waals surface area contributed by atoms with E-state index in [2.05, 4.69) is 15.3 Å². The third-order valence-electron chi connectivity index (χ3n) is 1.90. The number of benzene rings is 1. The molecule has 0 spiro atoms. The average molecular weight is 187 g/mol. The summed E-state index contributed by atoms with van der Waals surface area (Å²) in [6, 6.07) is 7.75. The van der Waals surface area contributed by atoms with Crippen molar-refractivity contribution in [1.29, 1.82) is 0 Å². The van der Waals surface area contributed by atoms with Crippen molar-refractivity contribution in [2.45, 2.75) is 6.92 Å². The normalized spacial score (nSPS) is 14.4. The third-order valence-corrected chi connectivity index (χ3v) is 1.90. The van der Waals surface area contributed by atoms with Crippen molar-refractivity contribution in [3.8, 4) is 0 Å². The number of aliphatic imine (C=N–C) groups is 2. The van der Waals surface area contributed by atoms with Crippen LogP contribution in [0.2, 0.25) is 0 Å². The summed E-state index contributed by atoms with van der Waals surface area (Å²) < 4.78 is 0. The summed E-state index contributed by atoms with van der Waals surface area (Å²) in [4.78, 5) is 18.2. The number of rotatable bonds is 1. The maximum Gasteiger partial charge on any atom is 0.291 e. The lowest BCUT2D eigenvalue weighted by Gasteiger charge is -2.05. The number of nitrogens with one attached hydrogen (secondary N) is 1. The molecule has 1 heterocycles. The summed E-state index contributed by atoms with van der Waals surface area (Å²) in [7, 11) is 0. The van der Waals surface area contributed by atoms with E-state index in [1.54, 1.807) is 0 Å². The first-order valence-electron chi connectivity index (χ1n) is 4.25. The number of carbonyl (C=O) groups is 1. The van der Waals surface area contributed by atoms with Crippen LogP contribution in [0.4, 0.5) is 5.69 Å². The highest BCUT2D eigenvalue weighted by atomic mass is 16.1. The van der Waals surface area contributed by atoms with Gasteiger partial charge in [-0.3, -0.25) is 4.79 Å². The fourth-order valence-electron chi connectivity index (χ4n) is 1.17. The topological polar surface area (TPSA) is 53.8 Å². The zero-order valence-corrected chi connectivity index (χ0v) is 7.69. The van der Waals surface area contributed by atoms with Crippen LogP contribution in [-0.2, 0) is 4.79 Å². The highest BCUT2D eigenvalue weighted by Gasteiger charge is 2.08. The van der Waals surface area contributed by atoms with Gasteiger partial charge in [0.1, 0.15) is 0 Å². The van der Waals surface area contributed by atoms with Crippen LogP contribution in [0.15, 0.2) is 34.3 Å². The number of amides is 1. The van der Waals surface area contributed by atoms with Crippen molar-refractivity contribution >= 4 is 23.8 Å². The second kappa shape index (κ2) is 3.41. The quantitative estimate of drug-likeness (QED) is 0.722. The number of para-hydroxylation sites is 1. The molecule has 1 aliphatic heterocycles. The number of hydrogen-bond donors (Lipinski definition) is 1. The molecule has 0 unspecified atom stereocenters. The fourth-order valence-corrected chi connectivity index (χ4v) is 1.17. The molecule has 0 atom stereocenters. The minimum atomic E-state index is -0.318. The Kier molecular flexibility index (Phi) is 2.10. The molecule has 0 saturated carbocycles. The average Bonchev–Trinajstić information content (AvgIpc) is 2.56. The third kappa shape index (κ3) is 1.69. The monoisotopic (exact) mass is 187 g/mol. The standard InChI is InChI=1S/C10H9N3O/c1-7-4-2-3-5-8(7)12-10-11-6-9(14)13-10/h2-6H,1H3,(H,12,13,14). The molecule has 0 saturated heterocycles. The molecule has 0 fully saturated rings. The van der Waals surface area contributed by atoms with Gasteiger partial charge in [-0.05, 0) is 18.6 Å². The number of anilines is 1. The first kappa shape index (κ1) is 8.62. The van der Waals surface area contributed by atoms with E-state index in [9.17, 15) is 4.79 Å². The van der Waals surface area contributed by atoms with Gasteiger partial charge in [0.25, 0.3) is 5.91 Å². The van der Waals surface area contributed by atoms with Gasteiger partial charge in [-0.15, -0.1) is 0 Å². The summed E-state index contributed by atoms with van der Waals surface area (Å²) in [5, 5.41) is 2.97. The van der Waals surface area contributed by atoms with E-state index in [-0.39, 0.29) is 5.91 Å². The maximum absolute atomic E-state index is 10.8. The number of hydrogen-bond acceptors (Lipinski definition) is 3. The summed E-state index contributed by atoms with van der Waals surface area (Å²) in [6.07, 6.45) is 1.20. The molecule has 4 nitrogen and oxygen atoms in total. The number of guanidine groups is 1. The van der Waals surface area contributed by atoms with E-state index in [4.69, 9.17) is 0 Å². The largest absolute Gasteiger partial charge is 0.324 e. The van der Waals surface area contributed by atoms with Gasteiger partial charge in [-0.1, -0.05) is 18.2 Å². The number of nitrogens with zero attached hydrogens (tertiary/aromatic N) is 2. The van der Waals surface area contributed by atoms with Gasteiger partial charge >= 0.3 is 0 Å². The number of carbonyl (C=O) groups excluding carboxylic acids is 1. The summed E-state index contributed by atoms with van der Waals surface area (Å²) in [5.41, 5.74) is 2.00. The predicted molar refractivity (Wildman–Crippen MR) is 55.7 cm³/mol. The second-order valence-corrected chi connectivity index (χ2v) is 2.97.